The maximum absolute atomic E-state index is 12.5. The second-order valence-electron chi connectivity index (χ2n) is 8.02. The standard InChI is InChI=1S/C16H26N4O2/c1-15(2,3)22-14(21)20-9-8-19-12(10-16(20,4)5)17-18-13(19)11-6-7-11/h11H,6-10H2,1-5H3. The lowest BCUT2D eigenvalue weighted by Gasteiger charge is -2.37. The van der Waals surface area contributed by atoms with Gasteiger partial charge in [-0.15, -0.1) is 10.2 Å². The molecule has 2 aliphatic rings. The summed E-state index contributed by atoms with van der Waals surface area (Å²) in [6.07, 6.45) is 2.87. The zero-order chi connectivity index (χ0) is 16.1. The zero-order valence-electron chi connectivity index (χ0n) is 14.2. The molecule has 1 aliphatic carbocycles. The summed E-state index contributed by atoms with van der Waals surface area (Å²) in [5, 5.41) is 8.75. The number of fused-ring (bicyclic) bond motifs is 1. The first-order chi connectivity index (χ1) is 10.2. The highest BCUT2D eigenvalue weighted by atomic mass is 16.6. The van der Waals surface area contributed by atoms with Crippen molar-refractivity contribution in [2.75, 3.05) is 6.54 Å². The molecule has 0 aromatic carbocycles. The van der Waals surface area contributed by atoms with E-state index < -0.39 is 5.60 Å². The van der Waals surface area contributed by atoms with Gasteiger partial charge in [-0.1, -0.05) is 0 Å². The average Bonchev–Trinajstić information content (AvgIpc) is 3.13. The van der Waals surface area contributed by atoms with Crippen molar-refractivity contribution in [1.29, 1.82) is 0 Å². The molecule has 122 valence electrons. The van der Waals surface area contributed by atoms with Crippen LogP contribution in [0.3, 0.4) is 0 Å². The summed E-state index contributed by atoms with van der Waals surface area (Å²) in [5.41, 5.74) is -0.807. The fourth-order valence-corrected chi connectivity index (χ4v) is 3.01. The van der Waals surface area contributed by atoms with E-state index in [1.165, 1.54) is 12.8 Å². The van der Waals surface area contributed by atoms with Crippen LogP contribution >= 0.6 is 0 Å². The van der Waals surface area contributed by atoms with Gasteiger partial charge in [0.05, 0.1) is 0 Å². The topological polar surface area (TPSA) is 60.2 Å². The summed E-state index contributed by atoms with van der Waals surface area (Å²) in [7, 11) is 0. The third kappa shape index (κ3) is 2.96. The van der Waals surface area contributed by atoms with Crippen LogP contribution in [0, 0.1) is 0 Å². The van der Waals surface area contributed by atoms with Crippen LogP contribution < -0.4 is 0 Å². The maximum Gasteiger partial charge on any atom is 0.410 e. The van der Waals surface area contributed by atoms with Gasteiger partial charge >= 0.3 is 6.09 Å². The number of hydrogen-bond donors (Lipinski definition) is 0. The third-order valence-corrected chi connectivity index (χ3v) is 4.28. The number of carbonyl (C=O) groups is 1. The Morgan fingerprint density at radius 3 is 2.50 bits per heavy atom. The number of carbonyl (C=O) groups excluding carboxylic acids is 1. The van der Waals surface area contributed by atoms with Gasteiger partial charge in [0.2, 0.25) is 0 Å². The van der Waals surface area contributed by atoms with Gasteiger partial charge in [-0.05, 0) is 47.5 Å². The Balaban J connectivity index is 1.83. The van der Waals surface area contributed by atoms with Gasteiger partial charge in [0.15, 0.2) is 0 Å². The molecule has 1 aromatic heterocycles. The third-order valence-electron chi connectivity index (χ3n) is 4.28. The lowest BCUT2D eigenvalue weighted by molar-refractivity contribution is 0.00406. The highest BCUT2D eigenvalue weighted by molar-refractivity contribution is 5.69. The lowest BCUT2D eigenvalue weighted by Crippen LogP contribution is -2.50. The summed E-state index contributed by atoms with van der Waals surface area (Å²) in [6, 6.07) is 0. The molecule has 0 spiro atoms. The van der Waals surface area contributed by atoms with Crippen molar-refractivity contribution in [3.8, 4) is 0 Å². The molecule has 0 unspecified atom stereocenters. The predicted octanol–water partition coefficient (Wildman–Crippen LogP) is 2.73. The molecule has 0 radical (unpaired) electrons. The van der Waals surface area contributed by atoms with Crippen LogP contribution in [0.4, 0.5) is 4.79 Å². The van der Waals surface area contributed by atoms with Gasteiger partial charge in [0, 0.05) is 31.0 Å². The fraction of sp³-hybridized carbons (Fsp3) is 0.812. The Morgan fingerprint density at radius 2 is 1.91 bits per heavy atom. The Labute approximate surface area is 131 Å². The molecule has 6 nitrogen and oxygen atoms in total. The predicted molar refractivity (Wildman–Crippen MR) is 82.7 cm³/mol. The van der Waals surface area contributed by atoms with E-state index in [9.17, 15) is 4.79 Å². The van der Waals surface area contributed by atoms with E-state index >= 15 is 0 Å². The quantitative estimate of drug-likeness (QED) is 0.800. The number of rotatable bonds is 1. The number of hydrogen-bond acceptors (Lipinski definition) is 4. The summed E-state index contributed by atoms with van der Waals surface area (Å²) in [4.78, 5) is 14.4. The van der Waals surface area contributed by atoms with Crippen molar-refractivity contribution < 1.29 is 9.53 Å². The summed E-state index contributed by atoms with van der Waals surface area (Å²) in [5.74, 6) is 2.65. The largest absolute Gasteiger partial charge is 0.444 e. The molecule has 6 heteroatoms. The maximum atomic E-state index is 12.5. The van der Waals surface area contributed by atoms with Crippen molar-refractivity contribution in [2.45, 2.75) is 77.5 Å². The molecule has 3 rings (SSSR count). The molecule has 22 heavy (non-hydrogen) atoms. The molecule has 0 atom stereocenters. The minimum atomic E-state index is -0.478. The van der Waals surface area contributed by atoms with Crippen LogP contribution in [-0.2, 0) is 17.7 Å². The Bertz CT molecular complexity index is 581. The van der Waals surface area contributed by atoms with E-state index in [0.29, 0.717) is 18.9 Å². The molecule has 1 amide bonds. The highest BCUT2D eigenvalue weighted by Crippen LogP contribution is 2.40. The van der Waals surface area contributed by atoms with Crippen LogP contribution in [0.5, 0.6) is 0 Å². The number of ether oxygens (including phenoxy) is 1. The molecule has 0 N–H and O–H groups in total. The van der Waals surface area contributed by atoms with Crippen molar-refractivity contribution in [2.24, 2.45) is 0 Å². The first-order valence-electron chi connectivity index (χ1n) is 8.10. The van der Waals surface area contributed by atoms with Gasteiger partial charge in [0.1, 0.15) is 17.2 Å². The lowest BCUT2D eigenvalue weighted by atomic mass is 9.98. The van der Waals surface area contributed by atoms with Crippen LogP contribution in [0.15, 0.2) is 0 Å². The van der Waals surface area contributed by atoms with E-state index in [4.69, 9.17) is 4.74 Å². The van der Waals surface area contributed by atoms with E-state index in [0.717, 1.165) is 18.2 Å². The SMILES string of the molecule is CC(C)(C)OC(=O)N1CCn2c(nnc2C2CC2)CC1(C)C. The molecular weight excluding hydrogens is 280 g/mol. The molecule has 1 aliphatic heterocycles. The Kier molecular flexibility index (Phi) is 3.45. The first kappa shape index (κ1) is 15.3. The normalized spacial score (nSPS) is 21.2. The van der Waals surface area contributed by atoms with Crippen LogP contribution in [0.1, 0.15) is 65.0 Å². The van der Waals surface area contributed by atoms with E-state index in [1.807, 2.05) is 25.7 Å². The number of nitrogens with zero attached hydrogens (tertiary/aromatic N) is 4. The average molecular weight is 306 g/mol. The van der Waals surface area contributed by atoms with Crippen molar-refractivity contribution in [3.05, 3.63) is 11.6 Å². The second kappa shape index (κ2) is 4.96. The van der Waals surface area contributed by atoms with E-state index in [2.05, 4.69) is 28.6 Å². The summed E-state index contributed by atoms with van der Waals surface area (Å²) in [6.45, 7) is 11.2. The molecule has 2 heterocycles. The molecule has 0 bridgehead atoms. The molecule has 1 aromatic rings. The summed E-state index contributed by atoms with van der Waals surface area (Å²) < 4.78 is 7.79. The van der Waals surface area contributed by atoms with Crippen molar-refractivity contribution >= 4 is 6.09 Å². The van der Waals surface area contributed by atoms with Crippen molar-refractivity contribution in [1.82, 2.24) is 19.7 Å². The highest BCUT2D eigenvalue weighted by Gasteiger charge is 2.39. The molecule has 0 saturated heterocycles. The van der Waals surface area contributed by atoms with Gasteiger partial charge in [-0.2, -0.15) is 0 Å². The van der Waals surface area contributed by atoms with Crippen LogP contribution in [-0.4, -0.2) is 43.4 Å². The molecular formula is C16H26N4O2. The van der Waals surface area contributed by atoms with Gasteiger partial charge in [-0.25, -0.2) is 4.79 Å². The number of aromatic nitrogens is 3. The Morgan fingerprint density at radius 1 is 1.23 bits per heavy atom. The van der Waals surface area contributed by atoms with E-state index in [1.54, 1.807) is 0 Å². The molecule has 1 saturated carbocycles. The van der Waals surface area contributed by atoms with Crippen LogP contribution in [0.25, 0.3) is 0 Å². The molecule has 1 fully saturated rings. The van der Waals surface area contributed by atoms with Gasteiger partial charge in [0.25, 0.3) is 0 Å². The second-order valence-corrected chi connectivity index (χ2v) is 8.02. The Hall–Kier alpha value is -1.59. The van der Waals surface area contributed by atoms with Crippen molar-refractivity contribution in [3.63, 3.8) is 0 Å². The van der Waals surface area contributed by atoms with Gasteiger partial charge < -0.3 is 14.2 Å². The van der Waals surface area contributed by atoms with Gasteiger partial charge in [-0.3, -0.25) is 0 Å². The number of amides is 1. The monoisotopic (exact) mass is 306 g/mol. The first-order valence-corrected chi connectivity index (χ1v) is 8.10. The fourth-order valence-electron chi connectivity index (χ4n) is 3.01. The van der Waals surface area contributed by atoms with Crippen LogP contribution in [0.2, 0.25) is 0 Å². The minimum Gasteiger partial charge on any atom is -0.444 e. The zero-order valence-corrected chi connectivity index (χ0v) is 14.2. The minimum absolute atomic E-state index is 0.246. The smallest absolute Gasteiger partial charge is 0.410 e. The summed E-state index contributed by atoms with van der Waals surface area (Å²) >= 11 is 0. The van der Waals surface area contributed by atoms with E-state index in [-0.39, 0.29) is 11.6 Å².